The molecule has 0 radical (unpaired) electrons. The minimum absolute atomic E-state index is 0.300. The highest BCUT2D eigenvalue weighted by molar-refractivity contribution is 5.72. The van der Waals surface area contributed by atoms with Crippen LogP contribution in [0.1, 0.15) is 0 Å². The van der Waals surface area contributed by atoms with Crippen LogP contribution in [0.5, 0.6) is 0 Å². The van der Waals surface area contributed by atoms with Gasteiger partial charge in [0.1, 0.15) is 0 Å². The van der Waals surface area contributed by atoms with Crippen LogP contribution in [0.3, 0.4) is 0 Å². The number of hydrogen-bond donors (Lipinski definition) is 0. The fourth-order valence-corrected chi connectivity index (χ4v) is 1.37. The summed E-state index contributed by atoms with van der Waals surface area (Å²) in [5.74, 6) is 0. The van der Waals surface area contributed by atoms with E-state index in [0.717, 1.165) is 5.57 Å². The Hall–Kier alpha value is -1.51. The van der Waals surface area contributed by atoms with Gasteiger partial charge in [0, 0.05) is 6.20 Å². The van der Waals surface area contributed by atoms with Crippen molar-refractivity contribution in [2.75, 3.05) is 13.7 Å². The second kappa shape index (κ2) is 2.52. The van der Waals surface area contributed by atoms with Gasteiger partial charge in [-0.15, -0.1) is 0 Å². The molecule has 0 saturated carbocycles. The Morgan fingerprint density at radius 1 is 1.67 bits per heavy atom. The summed E-state index contributed by atoms with van der Waals surface area (Å²) in [6, 6.07) is 0. The third-order valence-corrected chi connectivity index (χ3v) is 1.99. The lowest BCUT2D eigenvalue weighted by molar-refractivity contribution is 0.144. The maximum atomic E-state index is 11.1. The Labute approximate surface area is 70.6 Å². The van der Waals surface area contributed by atoms with Gasteiger partial charge in [0.25, 0.3) is 0 Å². The number of allylic oxidation sites excluding steroid dienone is 3. The molecular weight excluding hydrogens is 154 g/mol. The molecule has 2 rings (SSSR count). The van der Waals surface area contributed by atoms with Gasteiger partial charge in [0.05, 0.1) is 13.7 Å². The van der Waals surface area contributed by atoms with Crippen LogP contribution in [0.15, 0.2) is 35.6 Å². The van der Waals surface area contributed by atoms with Gasteiger partial charge in [-0.05, 0) is 11.1 Å². The van der Waals surface area contributed by atoms with E-state index in [-0.39, 0.29) is 6.09 Å². The summed E-state index contributed by atoms with van der Waals surface area (Å²) in [4.78, 5) is 12.6. The van der Waals surface area contributed by atoms with Crippen LogP contribution >= 0.6 is 0 Å². The summed E-state index contributed by atoms with van der Waals surface area (Å²) in [6.45, 7) is 0.634. The number of methoxy groups -OCH3 is 1. The van der Waals surface area contributed by atoms with Crippen molar-refractivity contribution in [2.45, 2.75) is 0 Å². The maximum Gasteiger partial charge on any atom is 0.413 e. The SMILES string of the molecule is COC(=O)N1C=C2C=CC=C2C1. The number of hydrogen-bond acceptors (Lipinski definition) is 2. The van der Waals surface area contributed by atoms with Crippen molar-refractivity contribution in [2.24, 2.45) is 0 Å². The van der Waals surface area contributed by atoms with E-state index < -0.39 is 0 Å². The smallest absolute Gasteiger partial charge is 0.413 e. The lowest BCUT2D eigenvalue weighted by Crippen LogP contribution is -2.23. The predicted octanol–water partition coefficient (Wildman–Crippen LogP) is 1.45. The van der Waals surface area contributed by atoms with Crippen LogP contribution in [0, 0.1) is 0 Å². The van der Waals surface area contributed by atoms with Crippen LogP contribution in [0.2, 0.25) is 0 Å². The van der Waals surface area contributed by atoms with Crippen LogP contribution in [0.4, 0.5) is 4.79 Å². The molecule has 2 aliphatic rings. The zero-order valence-electron chi connectivity index (χ0n) is 6.78. The standard InChI is InChI=1S/C9H9NO2/c1-12-9(11)10-5-7-3-2-4-8(7)6-10/h2-5H,6H2,1H3. The quantitative estimate of drug-likeness (QED) is 0.541. The van der Waals surface area contributed by atoms with E-state index in [1.807, 2.05) is 18.2 Å². The van der Waals surface area contributed by atoms with Gasteiger partial charge in [-0.2, -0.15) is 0 Å². The van der Waals surface area contributed by atoms with E-state index in [2.05, 4.69) is 4.74 Å². The van der Waals surface area contributed by atoms with Crippen molar-refractivity contribution in [3.63, 3.8) is 0 Å². The monoisotopic (exact) mass is 163 g/mol. The molecular formula is C9H9NO2. The molecule has 0 aromatic rings. The Bertz CT molecular complexity index is 312. The summed E-state index contributed by atoms with van der Waals surface area (Å²) in [5, 5.41) is 0. The molecule has 0 aromatic carbocycles. The van der Waals surface area contributed by atoms with Gasteiger partial charge >= 0.3 is 6.09 Å². The Kier molecular flexibility index (Phi) is 1.50. The zero-order valence-corrected chi connectivity index (χ0v) is 6.78. The first kappa shape index (κ1) is 7.16. The molecule has 1 amide bonds. The third-order valence-electron chi connectivity index (χ3n) is 1.99. The normalized spacial score (nSPS) is 18.9. The van der Waals surface area contributed by atoms with Gasteiger partial charge in [0.15, 0.2) is 0 Å². The molecule has 12 heavy (non-hydrogen) atoms. The number of amides is 1. The maximum absolute atomic E-state index is 11.1. The molecule has 3 heteroatoms. The largest absolute Gasteiger partial charge is 0.452 e. The van der Waals surface area contributed by atoms with Gasteiger partial charge in [-0.25, -0.2) is 4.79 Å². The second-order valence-corrected chi connectivity index (χ2v) is 2.73. The average Bonchev–Trinajstić information content (AvgIpc) is 2.60. The van der Waals surface area contributed by atoms with E-state index in [0.29, 0.717) is 6.54 Å². The molecule has 0 atom stereocenters. The molecule has 0 bridgehead atoms. The van der Waals surface area contributed by atoms with Crippen molar-refractivity contribution < 1.29 is 9.53 Å². The van der Waals surface area contributed by atoms with E-state index in [1.54, 1.807) is 11.1 Å². The molecule has 1 aliphatic carbocycles. The zero-order chi connectivity index (χ0) is 8.55. The summed E-state index contributed by atoms with van der Waals surface area (Å²) in [5.41, 5.74) is 2.29. The third kappa shape index (κ3) is 0.942. The molecule has 62 valence electrons. The van der Waals surface area contributed by atoms with Crippen LogP contribution in [-0.4, -0.2) is 24.6 Å². The first-order valence-corrected chi connectivity index (χ1v) is 3.75. The summed E-state index contributed by atoms with van der Waals surface area (Å²) in [6.07, 6.45) is 7.48. The molecule has 0 saturated heterocycles. The predicted molar refractivity (Wildman–Crippen MR) is 44.4 cm³/mol. The van der Waals surface area contributed by atoms with Crippen LogP contribution in [-0.2, 0) is 4.74 Å². The van der Waals surface area contributed by atoms with E-state index in [9.17, 15) is 4.79 Å². The molecule has 0 aromatic heterocycles. The van der Waals surface area contributed by atoms with Gasteiger partial charge < -0.3 is 4.74 Å². The summed E-state index contributed by atoms with van der Waals surface area (Å²) < 4.78 is 4.59. The highest BCUT2D eigenvalue weighted by Crippen LogP contribution is 2.26. The fraction of sp³-hybridized carbons (Fsp3) is 0.222. The van der Waals surface area contributed by atoms with Crippen molar-refractivity contribution in [1.29, 1.82) is 0 Å². The number of carbonyl (C=O) groups excluding carboxylic acids is 1. The van der Waals surface area contributed by atoms with Crippen LogP contribution < -0.4 is 0 Å². The number of ether oxygens (including phenoxy) is 1. The lowest BCUT2D eigenvalue weighted by atomic mass is 10.2. The minimum Gasteiger partial charge on any atom is -0.452 e. The van der Waals surface area contributed by atoms with Gasteiger partial charge in [-0.1, -0.05) is 18.2 Å². The number of fused-ring (bicyclic) bond motifs is 1. The topological polar surface area (TPSA) is 29.5 Å². The van der Waals surface area contributed by atoms with Gasteiger partial charge in [-0.3, -0.25) is 4.90 Å². The van der Waals surface area contributed by atoms with Crippen LogP contribution in [0.25, 0.3) is 0 Å². The fourth-order valence-electron chi connectivity index (χ4n) is 1.37. The van der Waals surface area contributed by atoms with Gasteiger partial charge in [0.2, 0.25) is 0 Å². The van der Waals surface area contributed by atoms with Crippen molar-refractivity contribution in [1.82, 2.24) is 4.90 Å². The van der Waals surface area contributed by atoms with Crippen molar-refractivity contribution in [3.8, 4) is 0 Å². The van der Waals surface area contributed by atoms with E-state index in [1.165, 1.54) is 12.7 Å². The highest BCUT2D eigenvalue weighted by Gasteiger charge is 2.22. The average molecular weight is 163 g/mol. The second-order valence-electron chi connectivity index (χ2n) is 2.73. The summed E-state index contributed by atoms with van der Waals surface area (Å²) in [7, 11) is 1.39. The molecule has 0 unspecified atom stereocenters. The first-order valence-electron chi connectivity index (χ1n) is 3.75. The lowest BCUT2D eigenvalue weighted by Gasteiger charge is -2.10. The summed E-state index contributed by atoms with van der Waals surface area (Å²) >= 11 is 0. The van der Waals surface area contributed by atoms with E-state index in [4.69, 9.17) is 0 Å². The molecule has 1 aliphatic heterocycles. The molecule has 0 spiro atoms. The first-order chi connectivity index (χ1) is 5.81. The highest BCUT2D eigenvalue weighted by atomic mass is 16.5. The number of rotatable bonds is 0. The Morgan fingerprint density at radius 2 is 2.50 bits per heavy atom. The molecule has 1 heterocycles. The molecule has 0 fully saturated rings. The molecule has 0 N–H and O–H groups in total. The van der Waals surface area contributed by atoms with Crippen molar-refractivity contribution >= 4 is 6.09 Å². The molecule has 3 nitrogen and oxygen atoms in total. The van der Waals surface area contributed by atoms with Crippen molar-refractivity contribution in [3.05, 3.63) is 35.6 Å². The number of nitrogens with zero attached hydrogens (tertiary/aromatic N) is 1. The Morgan fingerprint density at radius 3 is 3.17 bits per heavy atom. The minimum atomic E-state index is -0.300. The van der Waals surface area contributed by atoms with E-state index >= 15 is 0 Å². The Balaban J connectivity index is 2.18. The number of carbonyl (C=O) groups is 1.